The Morgan fingerprint density at radius 1 is 1.00 bits per heavy atom. The number of hydrazine groups is 1. The van der Waals surface area contributed by atoms with Crippen LogP contribution in [0.25, 0.3) is 0 Å². The van der Waals surface area contributed by atoms with Crippen molar-refractivity contribution in [2.75, 3.05) is 0 Å². The Morgan fingerprint density at radius 3 is 2.00 bits per heavy atom. The molecule has 0 atom stereocenters. The highest BCUT2D eigenvalue weighted by Gasteiger charge is 2.34. The number of benzene rings is 1. The summed E-state index contributed by atoms with van der Waals surface area (Å²) in [5.74, 6) is -1.57. The summed E-state index contributed by atoms with van der Waals surface area (Å²) in [7, 11) is 0. The molecule has 0 bridgehead atoms. The summed E-state index contributed by atoms with van der Waals surface area (Å²) in [4.78, 5) is 33.0. The van der Waals surface area contributed by atoms with Gasteiger partial charge in [-0.1, -0.05) is 24.3 Å². The van der Waals surface area contributed by atoms with Crippen molar-refractivity contribution in [3.63, 3.8) is 0 Å². The van der Waals surface area contributed by atoms with Crippen molar-refractivity contribution in [2.45, 2.75) is 5.92 Å². The molecule has 0 aliphatic carbocycles. The Balaban J connectivity index is 2.32. The molecule has 5 heteroatoms. The van der Waals surface area contributed by atoms with Gasteiger partial charge in [0.05, 0.1) is 0 Å². The normalized spacial score (nSPS) is 16.0. The van der Waals surface area contributed by atoms with Gasteiger partial charge in [0.15, 0.2) is 0 Å². The molecule has 5 nitrogen and oxygen atoms in total. The monoisotopic (exact) mass is 204 g/mol. The standard InChI is InChI=1S/C10H8N2O3/c13-5-6-1-3-7(4-2-6)8-9(14)11-12-10(8)15/h1-5,8H,(H,11,14)(H,12,15). The highest BCUT2D eigenvalue weighted by Crippen LogP contribution is 2.18. The zero-order chi connectivity index (χ0) is 10.8. The number of carbonyl (C=O) groups excluding carboxylic acids is 3. The molecule has 1 fully saturated rings. The van der Waals surface area contributed by atoms with Gasteiger partial charge in [-0.3, -0.25) is 25.2 Å². The molecule has 15 heavy (non-hydrogen) atoms. The summed E-state index contributed by atoms with van der Waals surface area (Å²) in [6, 6.07) is 6.33. The molecular weight excluding hydrogens is 196 g/mol. The van der Waals surface area contributed by atoms with E-state index in [9.17, 15) is 14.4 Å². The maximum absolute atomic E-state index is 11.3. The van der Waals surface area contributed by atoms with Crippen molar-refractivity contribution in [3.8, 4) is 0 Å². The lowest BCUT2D eigenvalue weighted by Crippen LogP contribution is -2.28. The van der Waals surface area contributed by atoms with E-state index in [4.69, 9.17) is 0 Å². The second-order valence-corrected chi connectivity index (χ2v) is 3.20. The minimum Gasteiger partial charge on any atom is -0.298 e. The molecule has 0 unspecified atom stereocenters. The molecule has 1 aliphatic rings. The Hall–Kier alpha value is -2.17. The minimum atomic E-state index is -0.814. The van der Waals surface area contributed by atoms with E-state index < -0.39 is 5.92 Å². The molecule has 1 heterocycles. The summed E-state index contributed by atoms with van der Waals surface area (Å²) in [5, 5.41) is 0. The fraction of sp³-hybridized carbons (Fsp3) is 0.100. The van der Waals surface area contributed by atoms with E-state index in [2.05, 4.69) is 10.9 Å². The van der Waals surface area contributed by atoms with Crippen LogP contribution in [-0.2, 0) is 9.59 Å². The van der Waals surface area contributed by atoms with Gasteiger partial charge in [0.2, 0.25) is 0 Å². The summed E-state index contributed by atoms with van der Waals surface area (Å²) >= 11 is 0. The van der Waals surface area contributed by atoms with Crippen LogP contribution >= 0.6 is 0 Å². The largest absolute Gasteiger partial charge is 0.298 e. The zero-order valence-electron chi connectivity index (χ0n) is 7.69. The molecular formula is C10H8N2O3. The highest BCUT2D eigenvalue weighted by atomic mass is 16.2. The number of nitrogens with one attached hydrogen (secondary N) is 2. The number of rotatable bonds is 2. The van der Waals surface area contributed by atoms with Crippen molar-refractivity contribution in [3.05, 3.63) is 35.4 Å². The molecule has 2 N–H and O–H groups in total. The molecule has 0 aromatic heterocycles. The van der Waals surface area contributed by atoms with Gasteiger partial charge in [-0.2, -0.15) is 0 Å². The highest BCUT2D eigenvalue weighted by molar-refractivity contribution is 6.10. The molecule has 1 aromatic carbocycles. The summed E-state index contributed by atoms with van der Waals surface area (Å²) < 4.78 is 0. The zero-order valence-corrected chi connectivity index (χ0v) is 7.69. The van der Waals surface area contributed by atoms with Gasteiger partial charge >= 0.3 is 0 Å². The van der Waals surface area contributed by atoms with Gasteiger partial charge in [-0.05, 0) is 5.56 Å². The third-order valence-corrected chi connectivity index (χ3v) is 2.24. The average molecular weight is 204 g/mol. The van der Waals surface area contributed by atoms with Gasteiger partial charge < -0.3 is 0 Å². The van der Waals surface area contributed by atoms with E-state index in [1.807, 2.05) is 0 Å². The maximum Gasteiger partial charge on any atom is 0.255 e. The second-order valence-electron chi connectivity index (χ2n) is 3.20. The fourth-order valence-electron chi connectivity index (χ4n) is 1.46. The topological polar surface area (TPSA) is 75.3 Å². The first-order chi connectivity index (χ1) is 7.22. The van der Waals surface area contributed by atoms with Crippen LogP contribution < -0.4 is 10.9 Å². The number of aldehydes is 1. The first-order valence-corrected chi connectivity index (χ1v) is 4.37. The predicted octanol–water partition coefficient (Wildman–Crippen LogP) is -0.256. The number of amides is 2. The lowest BCUT2D eigenvalue weighted by Gasteiger charge is -2.03. The Bertz CT molecular complexity index is 409. The van der Waals surface area contributed by atoms with E-state index in [-0.39, 0.29) is 11.8 Å². The third kappa shape index (κ3) is 1.59. The van der Waals surface area contributed by atoms with Crippen LogP contribution in [0.2, 0.25) is 0 Å². The van der Waals surface area contributed by atoms with Crippen molar-refractivity contribution >= 4 is 18.1 Å². The van der Waals surface area contributed by atoms with Crippen LogP contribution in [0.5, 0.6) is 0 Å². The van der Waals surface area contributed by atoms with Gasteiger partial charge in [0.25, 0.3) is 11.8 Å². The smallest absolute Gasteiger partial charge is 0.255 e. The van der Waals surface area contributed by atoms with E-state index in [1.165, 1.54) is 0 Å². The molecule has 0 radical (unpaired) electrons. The van der Waals surface area contributed by atoms with Crippen molar-refractivity contribution < 1.29 is 14.4 Å². The van der Waals surface area contributed by atoms with Crippen LogP contribution in [-0.4, -0.2) is 18.1 Å². The van der Waals surface area contributed by atoms with E-state index in [1.54, 1.807) is 24.3 Å². The van der Waals surface area contributed by atoms with E-state index in [0.29, 0.717) is 17.4 Å². The first kappa shape index (κ1) is 9.39. The van der Waals surface area contributed by atoms with Gasteiger partial charge in [-0.15, -0.1) is 0 Å². The van der Waals surface area contributed by atoms with Crippen LogP contribution in [0.4, 0.5) is 0 Å². The number of carbonyl (C=O) groups is 3. The lowest BCUT2D eigenvalue weighted by atomic mass is 9.98. The van der Waals surface area contributed by atoms with Gasteiger partial charge in [0, 0.05) is 5.56 Å². The third-order valence-electron chi connectivity index (χ3n) is 2.24. The van der Waals surface area contributed by atoms with Crippen LogP contribution in [0, 0.1) is 0 Å². The molecule has 1 aliphatic heterocycles. The van der Waals surface area contributed by atoms with Crippen molar-refractivity contribution in [2.24, 2.45) is 0 Å². The maximum atomic E-state index is 11.3. The van der Waals surface area contributed by atoms with E-state index in [0.717, 1.165) is 0 Å². The van der Waals surface area contributed by atoms with Crippen LogP contribution in [0.15, 0.2) is 24.3 Å². The SMILES string of the molecule is O=Cc1ccc(C2C(=O)NNC2=O)cc1. The molecule has 0 spiro atoms. The summed E-state index contributed by atoms with van der Waals surface area (Å²) in [6.07, 6.45) is 0.707. The lowest BCUT2D eigenvalue weighted by molar-refractivity contribution is -0.124. The molecule has 1 aromatic rings. The molecule has 2 rings (SSSR count). The van der Waals surface area contributed by atoms with Crippen LogP contribution in [0.1, 0.15) is 21.8 Å². The first-order valence-electron chi connectivity index (χ1n) is 4.37. The fourth-order valence-corrected chi connectivity index (χ4v) is 1.46. The molecule has 76 valence electrons. The molecule has 0 saturated carbocycles. The second kappa shape index (κ2) is 3.53. The quantitative estimate of drug-likeness (QED) is 0.515. The van der Waals surface area contributed by atoms with Crippen molar-refractivity contribution in [1.29, 1.82) is 0 Å². The number of hydrogen-bond donors (Lipinski definition) is 2. The Morgan fingerprint density at radius 2 is 1.53 bits per heavy atom. The molecule has 2 amide bonds. The minimum absolute atomic E-state index is 0.376. The van der Waals surface area contributed by atoms with Crippen molar-refractivity contribution in [1.82, 2.24) is 10.9 Å². The van der Waals surface area contributed by atoms with Gasteiger partial charge in [-0.25, -0.2) is 0 Å². The molecule has 1 saturated heterocycles. The predicted molar refractivity (Wildman–Crippen MR) is 50.9 cm³/mol. The Kier molecular flexibility index (Phi) is 2.21. The van der Waals surface area contributed by atoms with Crippen LogP contribution in [0.3, 0.4) is 0 Å². The van der Waals surface area contributed by atoms with E-state index >= 15 is 0 Å². The summed E-state index contributed by atoms with van der Waals surface area (Å²) in [5.41, 5.74) is 5.57. The average Bonchev–Trinajstić information content (AvgIpc) is 2.59. The Labute approximate surface area is 85.4 Å². The number of hydrogen-bond acceptors (Lipinski definition) is 3. The van der Waals surface area contributed by atoms with Gasteiger partial charge in [0.1, 0.15) is 12.2 Å². The summed E-state index contributed by atoms with van der Waals surface area (Å²) in [6.45, 7) is 0.